The van der Waals surface area contributed by atoms with Crippen molar-refractivity contribution < 1.29 is 48.5 Å². The number of nitrogens with one attached hydrogen (secondary N) is 1. The third-order valence-electron chi connectivity index (χ3n) is 10.6. The lowest BCUT2D eigenvalue weighted by molar-refractivity contribution is -0.163. The number of anilines is 1. The maximum Gasteiger partial charge on any atom is 0.410 e. The molecule has 4 saturated heterocycles. The van der Waals surface area contributed by atoms with Crippen LogP contribution in [0.5, 0.6) is 0 Å². The molecule has 18 heteroatoms. The summed E-state index contributed by atoms with van der Waals surface area (Å²) in [5.41, 5.74) is 1.03. The number of aliphatic hydroxyl groups is 1. The number of aromatic nitrogens is 1. The number of hydrogen-bond acceptors (Lipinski definition) is 13. The van der Waals surface area contributed by atoms with Crippen molar-refractivity contribution in [1.82, 2.24) is 25.0 Å². The van der Waals surface area contributed by atoms with Crippen LogP contribution in [-0.2, 0) is 19.1 Å². The number of aliphatic carboxylic acids is 1. The summed E-state index contributed by atoms with van der Waals surface area (Å²) in [6.07, 6.45) is -2.08. The van der Waals surface area contributed by atoms with Gasteiger partial charge in [0.1, 0.15) is 11.4 Å². The van der Waals surface area contributed by atoms with Crippen molar-refractivity contribution in [2.24, 2.45) is 11.8 Å². The molecule has 1 aromatic carbocycles. The molecule has 0 bridgehead atoms. The van der Waals surface area contributed by atoms with Crippen LogP contribution < -0.4 is 10.2 Å². The number of carboxylic acid groups (broad SMARTS) is 1. The Morgan fingerprint density at radius 2 is 1.70 bits per heavy atom. The van der Waals surface area contributed by atoms with Crippen LogP contribution in [0.15, 0.2) is 40.2 Å². The average Bonchev–Trinajstić information content (AvgIpc) is 3.87. The van der Waals surface area contributed by atoms with E-state index in [0.717, 1.165) is 0 Å². The molecule has 54 heavy (non-hydrogen) atoms. The number of carbonyl (C=O) groups is 6. The summed E-state index contributed by atoms with van der Waals surface area (Å²) < 4.78 is 10.8. The van der Waals surface area contributed by atoms with Crippen LogP contribution >= 0.6 is 23.1 Å². The molecule has 4 amide bonds. The van der Waals surface area contributed by atoms with E-state index in [1.807, 2.05) is 11.8 Å². The van der Waals surface area contributed by atoms with Crippen LogP contribution in [0.3, 0.4) is 0 Å². The minimum absolute atomic E-state index is 0.00786. The molecule has 6 heterocycles. The van der Waals surface area contributed by atoms with Gasteiger partial charge >= 0.3 is 12.1 Å². The van der Waals surface area contributed by atoms with Gasteiger partial charge in [0.2, 0.25) is 11.7 Å². The first-order valence-corrected chi connectivity index (χ1v) is 19.7. The normalized spacial score (nSPS) is 25.1. The third-order valence-corrected chi connectivity index (χ3v) is 12.9. The summed E-state index contributed by atoms with van der Waals surface area (Å²) in [6.45, 7) is 8.66. The predicted molar refractivity (Wildman–Crippen MR) is 196 cm³/mol. The highest BCUT2D eigenvalue weighted by atomic mass is 32.2. The molecular weight excluding hydrogens is 741 g/mol. The van der Waals surface area contributed by atoms with Crippen molar-refractivity contribution in [1.29, 1.82) is 0 Å². The van der Waals surface area contributed by atoms with Crippen molar-refractivity contribution in [3.8, 4) is 0 Å². The molecule has 2 aromatic rings. The number of ether oxygens (including phenoxy) is 2. The second-order valence-electron chi connectivity index (χ2n) is 14.2. The number of hydrogen-bond donors (Lipinski definition) is 3. The Bertz CT molecular complexity index is 1870. The summed E-state index contributed by atoms with van der Waals surface area (Å²) in [5.74, 6) is -3.23. The monoisotopic (exact) mass is 782 g/mol. The van der Waals surface area contributed by atoms with Crippen molar-refractivity contribution >= 4 is 63.8 Å². The summed E-state index contributed by atoms with van der Waals surface area (Å²) in [4.78, 5) is 88.1. The topological polar surface area (TPSA) is 199 Å². The summed E-state index contributed by atoms with van der Waals surface area (Å²) in [5, 5.41) is 25.3. The molecule has 288 valence electrons. The minimum atomic E-state index is -1.15. The van der Waals surface area contributed by atoms with Gasteiger partial charge in [-0.1, -0.05) is 19.1 Å². The Kier molecular flexibility index (Phi) is 10.7. The molecule has 0 saturated carbocycles. The van der Waals surface area contributed by atoms with Gasteiger partial charge in [-0.15, -0.1) is 23.1 Å². The zero-order valence-electron chi connectivity index (χ0n) is 30.0. The number of likely N-dealkylation sites (tertiary alicyclic amines) is 1. The van der Waals surface area contributed by atoms with Crippen molar-refractivity contribution in [3.05, 3.63) is 57.1 Å². The quantitative estimate of drug-likeness (QED) is 0.221. The fourth-order valence-electron chi connectivity index (χ4n) is 7.58. The van der Waals surface area contributed by atoms with Gasteiger partial charge in [-0.05, 0) is 32.4 Å². The van der Waals surface area contributed by atoms with Gasteiger partial charge in [-0.25, -0.2) is 14.6 Å². The van der Waals surface area contributed by atoms with Crippen molar-refractivity contribution in [3.63, 3.8) is 0 Å². The number of Topliss-reactive ketones (excluding diaryl/α,β-unsaturated/α-hetero) is 1. The lowest BCUT2D eigenvalue weighted by Gasteiger charge is -2.46. The molecule has 0 radical (unpaired) electrons. The maximum absolute atomic E-state index is 13.1. The Morgan fingerprint density at radius 3 is 2.37 bits per heavy atom. The van der Waals surface area contributed by atoms with Crippen LogP contribution in [0, 0.1) is 11.8 Å². The lowest BCUT2D eigenvalue weighted by atomic mass is 9.79. The Balaban J connectivity index is 0.857. The van der Waals surface area contributed by atoms with Crippen LogP contribution in [0.2, 0.25) is 0 Å². The maximum atomic E-state index is 13.1. The van der Waals surface area contributed by atoms with E-state index in [4.69, 9.17) is 9.47 Å². The number of rotatable bonds is 11. The number of carboxylic acids is 1. The number of thioether (sulfide) groups is 1. The molecule has 3 N–H and O–H groups in total. The van der Waals surface area contributed by atoms with Gasteiger partial charge in [-0.2, -0.15) is 0 Å². The number of nitrogens with zero attached hydrogens (tertiary/aromatic N) is 5. The fourth-order valence-corrected chi connectivity index (χ4v) is 9.93. The highest BCUT2D eigenvalue weighted by molar-refractivity contribution is 8.03. The van der Waals surface area contributed by atoms with Gasteiger partial charge in [0, 0.05) is 77.9 Å². The molecule has 1 aromatic heterocycles. The molecule has 5 aliphatic heterocycles. The van der Waals surface area contributed by atoms with E-state index in [2.05, 4.69) is 10.3 Å². The number of β-lactam (4-membered cyclic amide) rings is 1. The molecule has 7 rings (SSSR count). The lowest BCUT2D eigenvalue weighted by Crippen LogP contribution is -2.63. The van der Waals surface area contributed by atoms with Gasteiger partial charge in [0.25, 0.3) is 11.8 Å². The summed E-state index contributed by atoms with van der Waals surface area (Å²) in [6, 6.07) is 5.59. The molecule has 0 spiro atoms. The van der Waals surface area contributed by atoms with Gasteiger partial charge < -0.3 is 44.6 Å². The van der Waals surface area contributed by atoms with Gasteiger partial charge in [-0.3, -0.25) is 19.2 Å². The van der Waals surface area contributed by atoms with Crippen LogP contribution in [-0.4, -0.2) is 147 Å². The highest BCUT2D eigenvalue weighted by Crippen LogP contribution is 2.52. The Hall–Kier alpha value is -4.52. The number of fused-ring (bicyclic) bond motifs is 1. The number of carbonyl (C=O) groups excluding carboxylic acids is 5. The SMILES string of the molecule is CC(OC(=O)N1CC[C@H](NC(=O)c2csc(N3CC(SC4=C(C(=O)O)N5C(=O)[C@H]([C@@H](C)O)[C@H]5[C@H]4C)C3)n2)C1)C(=O)c1ccc(C(=O)N2CCOCC2)cc1. The number of thiazole rings is 1. The second kappa shape index (κ2) is 15.3. The summed E-state index contributed by atoms with van der Waals surface area (Å²) in [7, 11) is 0. The van der Waals surface area contributed by atoms with E-state index < -0.39 is 36.0 Å². The highest BCUT2D eigenvalue weighted by Gasteiger charge is 2.60. The first-order valence-electron chi connectivity index (χ1n) is 18.0. The van der Waals surface area contributed by atoms with E-state index in [9.17, 15) is 39.0 Å². The number of morpholine rings is 1. The van der Waals surface area contributed by atoms with Crippen LogP contribution in [0.4, 0.5) is 9.93 Å². The van der Waals surface area contributed by atoms with E-state index in [0.29, 0.717) is 73.5 Å². The minimum Gasteiger partial charge on any atom is -0.477 e. The molecular formula is C36H42N6O10S2. The zero-order chi connectivity index (χ0) is 38.4. The molecule has 4 fully saturated rings. The zero-order valence-corrected chi connectivity index (χ0v) is 31.6. The number of aliphatic hydroxyl groups excluding tert-OH is 1. The van der Waals surface area contributed by atoms with Crippen LogP contribution in [0.1, 0.15) is 58.4 Å². The first kappa shape index (κ1) is 37.8. The van der Waals surface area contributed by atoms with E-state index in [-0.39, 0.29) is 58.9 Å². The number of ketones is 1. The standard InChI is InChI=1S/C36H42N6O10S2/c1-18-27-26(19(2)43)33(47)42(27)28(34(48)49)30(18)54-24-15-41(16-24)35-38-25(17-53-35)31(45)37-23-8-9-40(14-23)36(50)52-20(3)29(44)21-4-6-22(7-5-21)32(46)39-10-12-51-13-11-39/h4-7,17-20,23-24,26-27,43H,8-16H2,1-3H3,(H,37,45)(H,48,49)/t18-,19-,20?,23+,26-,27-/m1/s1. The molecule has 0 aliphatic carbocycles. The molecule has 1 unspecified atom stereocenters. The number of benzene rings is 1. The number of amides is 4. The van der Waals surface area contributed by atoms with Gasteiger partial charge in [0.15, 0.2) is 11.2 Å². The largest absolute Gasteiger partial charge is 0.477 e. The fraction of sp³-hybridized carbons (Fsp3) is 0.528. The Labute approximate surface area is 319 Å². The summed E-state index contributed by atoms with van der Waals surface area (Å²) >= 11 is 2.77. The predicted octanol–water partition coefficient (Wildman–Crippen LogP) is 1.90. The van der Waals surface area contributed by atoms with Crippen molar-refractivity contribution in [2.45, 2.75) is 56.7 Å². The molecule has 5 aliphatic rings. The van der Waals surface area contributed by atoms with Crippen LogP contribution in [0.25, 0.3) is 0 Å². The molecule has 16 nitrogen and oxygen atoms in total. The van der Waals surface area contributed by atoms with Gasteiger partial charge in [0.05, 0.1) is 31.3 Å². The Morgan fingerprint density at radius 1 is 1.02 bits per heavy atom. The van der Waals surface area contributed by atoms with Crippen molar-refractivity contribution in [2.75, 3.05) is 57.4 Å². The second-order valence-corrected chi connectivity index (χ2v) is 16.4. The van der Waals surface area contributed by atoms with E-state index >= 15 is 0 Å². The third kappa shape index (κ3) is 7.19. The molecule has 6 atom stereocenters. The first-order chi connectivity index (χ1) is 25.8. The van der Waals surface area contributed by atoms with E-state index in [1.54, 1.807) is 41.5 Å². The smallest absolute Gasteiger partial charge is 0.410 e. The average molecular weight is 783 g/mol. The van der Waals surface area contributed by atoms with E-state index in [1.165, 1.54) is 39.8 Å².